The van der Waals surface area contributed by atoms with E-state index in [2.05, 4.69) is 4.72 Å². The second kappa shape index (κ2) is 5.09. The van der Waals surface area contributed by atoms with E-state index >= 15 is 0 Å². The van der Waals surface area contributed by atoms with Gasteiger partial charge in [-0.1, -0.05) is 6.07 Å². The van der Waals surface area contributed by atoms with E-state index < -0.39 is 21.7 Å². The quantitative estimate of drug-likeness (QED) is 0.856. The van der Waals surface area contributed by atoms with Crippen molar-refractivity contribution in [1.29, 1.82) is 0 Å². The van der Waals surface area contributed by atoms with Crippen LogP contribution in [-0.4, -0.2) is 8.42 Å². The number of nitrogens with one attached hydrogen (secondary N) is 1. The summed E-state index contributed by atoms with van der Waals surface area (Å²) in [5.74, 6) is -1.78. The van der Waals surface area contributed by atoms with Crippen LogP contribution in [-0.2, 0) is 10.0 Å². The molecule has 2 aromatic rings. The van der Waals surface area contributed by atoms with E-state index in [1.807, 2.05) is 0 Å². The van der Waals surface area contributed by atoms with Gasteiger partial charge >= 0.3 is 0 Å². The van der Waals surface area contributed by atoms with E-state index in [0.29, 0.717) is 17.3 Å². The van der Waals surface area contributed by atoms with Crippen LogP contribution in [0.1, 0.15) is 5.56 Å². The van der Waals surface area contributed by atoms with Crippen molar-refractivity contribution in [2.45, 2.75) is 11.8 Å². The van der Waals surface area contributed by atoms with Crippen LogP contribution in [0.15, 0.2) is 41.3 Å². The molecule has 0 aliphatic rings. The van der Waals surface area contributed by atoms with E-state index in [4.69, 9.17) is 5.73 Å². The summed E-state index contributed by atoms with van der Waals surface area (Å²) in [6.45, 7) is 1.55. The van der Waals surface area contributed by atoms with E-state index in [1.54, 1.807) is 13.0 Å². The van der Waals surface area contributed by atoms with Crippen molar-refractivity contribution in [2.24, 2.45) is 0 Å². The second-order valence-corrected chi connectivity index (χ2v) is 5.85. The summed E-state index contributed by atoms with van der Waals surface area (Å²) in [5, 5.41) is 0. The highest BCUT2D eigenvalue weighted by Crippen LogP contribution is 2.24. The molecule has 0 saturated heterocycles. The van der Waals surface area contributed by atoms with Gasteiger partial charge in [0, 0.05) is 11.8 Å². The van der Waals surface area contributed by atoms with Gasteiger partial charge < -0.3 is 5.73 Å². The number of anilines is 2. The molecule has 2 rings (SSSR count). The van der Waals surface area contributed by atoms with Crippen LogP contribution in [0.2, 0.25) is 0 Å². The topological polar surface area (TPSA) is 72.2 Å². The van der Waals surface area contributed by atoms with Crippen LogP contribution in [0.4, 0.5) is 20.2 Å². The SMILES string of the molecule is Cc1c(N)cccc1S(=O)(=O)Nc1ccc(F)cc1F. The van der Waals surface area contributed by atoms with Crippen molar-refractivity contribution >= 4 is 21.4 Å². The zero-order valence-electron chi connectivity index (χ0n) is 10.5. The molecule has 0 saturated carbocycles. The first-order chi connectivity index (χ1) is 9.31. The number of hydrogen-bond donors (Lipinski definition) is 2. The molecule has 0 fully saturated rings. The van der Waals surface area contributed by atoms with Crippen molar-refractivity contribution in [2.75, 3.05) is 10.5 Å². The molecule has 2 aromatic carbocycles. The molecule has 106 valence electrons. The third-order valence-electron chi connectivity index (χ3n) is 2.79. The van der Waals surface area contributed by atoms with Crippen LogP contribution < -0.4 is 10.5 Å². The maximum absolute atomic E-state index is 13.5. The normalized spacial score (nSPS) is 11.3. The summed E-state index contributed by atoms with van der Waals surface area (Å²) in [6.07, 6.45) is 0. The van der Waals surface area contributed by atoms with Crippen molar-refractivity contribution < 1.29 is 17.2 Å². The van der Waals surface area contributed by atoms with Gasteiger partial charge in [-0.25, -0.2) is 17.2 Å². The Morgan fingerprint density at radius 3 is 2.50 bits per heavy atom. The summed E-state index contributed by atoms with van der Waals surface area (Å²) >= 11 is 0. The van der Waals surface area contributed by atoms with Crippen molar-refractivity contribution in [1.82, 2.24) is 0 Å². The Morgan fingerprint density at radius 2 is 1.85 bits per heavy atom. The van der Waals surface area contributed by atoms with Gasteiger partial charge in [0.05, 0.1) is 10.6 Å². The lowest BCUT2D eigenvalue weighted by molar-refractivity contribution is 0.582. The fourth-order valence-corrected chi connectivity index (χ4v) is 3.04. The smallest absolute Gasteiger partial charge is 0.262 e. The number of benzene rings is 2. The van der Waals surface area contributed by atoms with Crippen LogP contribution in [0.5, 0.6) is 0 Å². The molecule has 0 aliphatic carbocycles. The average molecular weight is 298 g/mol. The second-order valence-electron chi connectivity index (χ2n) is 4.20. The Bertz CT molecular complexity index is 761. The predicted molar refractivity (Wildman–Crippen MR) is 72.8 cm³/mol. The molecule has 4 nitrogen and oxygen atoms in total. The number of rotatable bonds is 3. The van der Waals surface area contributed by atoms with Crippen molar-refractivity contribution in [3.63, 3.8) is 0 Å². The van der Waals surface area contributed by atoms with E-state index in [9.17, 15) is 17.2 Å². The summed E-state index contributed by atoms with van der Waals surface area (Å²) in [4.78, 5) is -0.0544. The molecular weight excluding hydrogens is 286 g/mol. The van der Waals surface area contributed by atoms with E-state index in [-0.39, 0.29) is 10.6 Å². The van der Waals surface area contributed by atoms with Gasteiger partial charge in [0.1, 0.15) is 11.6 Å². The minimum Gasteiger partial charge on any atom is -0.398 e. The minimum absolute atomic E-state index is 0.0544. The Labute approximate surface area is 115 Å². The first kappa shape index (κ1) is 14.3. The van der Waals surface area contributed by atoms with Gasteiger partial charge in [-0.05, 0) is 36.8 Å². The third-order valence-corrected chi connectivity index (χ3v) is 4.30. The number of nitrogen functional groups attached to an aromatic ring is 1. The first-order valence-electron chi connectivity index (χ1n) is 5.64. The Balaban J connectivity index is 2.44. The zero-order chi connectivity index (χ0) is 14.9. The van der Waals surface area contributed by atoms with Crippen LogP contribution >= 0.6 is 0 Å². The highest BCUT2D eigenvalue weighted by atomic mass is 32.2. The monoisotopic (exact) mass is 298 g/mol. The lowest BCUT2D eigenvalue weighted by atomic mass is 10.2. The Hall–Kier alpha value is -2.15. The summed E-state index contributed by atoms with van der Waals surface area (Å²) in [6, 6.07) is 6.99. The Morgan fingerprint density at radius 1 is 1.15 bits per heavy atom. The third kappa shape index (κ3) is 2.72. The van der Waals surface area contributed by atoms with Crippen LogP contribution in [0.25, 0.3) is 0 Å². The highest BCUT2D eigenvalue weighted by Gasteiger charge is 2.19. The summed E-state index contributed by atoms with van der Waals surface area (Å²) < 4.78 is 52.7. The molecule has 0 heterocycles. The largest absolute Gasteiger partial charge is 0.398 e. The maximum Gasteiger partial charge on any atom is 0.262 e. The number of sulfonamides is 1. The predicted octanol–water partition coefficient (Wildman–Crippen LogP) is 2.66. The fourth-order valence-electron chi connectivity index (χ4n) is 1.69. The fraction of sp³-hybridized carbons (Fsp3) is 0.0769. The molecule has 0 radical (unpaired) electrons. The molecule has 0 atom stereocenters. The molecule has 0 aromatic heterocycles. The van der Waals surface area contributed by atoms with Gasteiger partial charge in [-0.2, -0.15) is 0 Å². The lowest BCUT2D eigenvalue weighted by Gasteiger charge is -2.12. The number of hydrogen-bond acceptors (Lipinski definition) is 3. The molecule has 0 spiro atoms. The number of halogens is 2. The van der Waals surface area contributed by atoms with Crippen molar-refractivity contribution in [3.8, 4) is 0 Å². The van der Waals surface area contributed by atoms with Gasteiger partial charge in [0.2, 0.25) is 0 Å². The standard InChI is InChI=1S/C13H12F2N2O2S/c1-8-11(16)3-2-4-13(8)20(18,19)17-12-6-5-9(14)7-10(12)15/h2-7,17H,16H2,1H3. The first-order valence-corrected chi connectivity index (χ1v) is 7.12. The van der Waals surface area contributed by atoms with Crippen molar-refractivity contribution in [3.05, 3.63) is 53.6 Å². The molecule has 0 aliphatic heterocycles. The highest BCUT2D eigenvalue weighted by molar-refractivity contribution is 7.92. The van der Waals surface area contributed by atoms with Crippen LogP contribution in [0.3, 0.4) is 0 Å². The van der Waals surface area contributed by atoms with E-state index in [1.165, 1.54) is 12.1 Å². The van der Waals surface area contributed by atoms with Gasteiger partial charge in [-0.3, -0.25) is 4.72 Å². The van der Waals surface area contributed by atoms with Gasteiger partial charge in [0.15, 0.2) is 0 Å². The zero-order valence-corrected chi connectivity index (χ0v) is 11.3. The molecule has 0 unspecified atom stereocenters. The molecule has 7 heteroatoms. The molecule has 0 bridgehead atoms. The summed E-state index contributed by atoms with van der Waals surface area (Å²) in [7, 11) is -3.99. The lowest BCUT2D eigenvalue weighted by Crippen LogP contribution is -2.15. The van der Waals surface area contributed by atoms with Gasteiger partial charge in [-0.15, -0.1) is 0 Å². The number of nitrogens with two attached hydrogens (primary N) is 1. The molecule has 3 N–H and O–H groups in total. The van der Waals surface area contributed by atoms with Crippen LogP contribution in [0, 0.1) is 18.6 Å². The average Bonchev–Trinajstić information content (AvgIpc) is 2.36. The maximum atomic E-state index is 13.5. The molecule has 20 heavy (non-hydrogen) atoms. The van der Waals surface area contributed by atoms with Gasteiger partial charge in [0.25, 0.3) is 10.0 Å². The Kier molecular flexibility index (Phi) is 3.63. The minimum atomic E-state index is -3.99. The van der Waals surface area contributed by atoms with E-state index in [0.717, 1.165) is 12.1 Å². The molecule has 0 amide bonds. The molecular formula is C13H12F2N2O2S. The summed E-state index contributed by atoms with van der Waals surface area (Å²) in [5.41, 5.74) is 5.99.